The molecule has 0 bridgehead atoms. The molecule has 43 heavy (non-hydrogen) atoms. The topological polar surface area (TPSA) is 104 Å². The van der Waals surface area contributed by atoms with Gasteiger partial charge in [0.2, 0.25) is 0 Å². The number of amides is 1. The Labute approximate surface area is 274 Å². The number of aliphatic carboxylic acids is 1. The molecule has 7 nitrogen and oxygen atoms in total. The first-order valence-corrected chi connectivity index (χ1v) is 14.0. The van der Waals surface area contributed by atoms with Crippen LogP contribution in [0.3, 0.4) is 0 Å². The van der Waals surface area contributed by atoms with Crippen molar-refractivity contribution in [1.82, 2.24) is 4.57 Å². The smallest absolute Gasteiger partial charge is 0.550 e. The molecule has 0 spiro atoms. The average molecular weight is 595 g/mol. The number of halogens is 1. The summed E-state index contributed by atoms with van der Waals surface area (Å²) in [5.74, 6) is -2.00. The number of carbonyl (C=O) groups excluding carboxylic acids is 2. The van der Waals surface area contributed by atoms with Crippen molar-refractivity contribution in [3.8, 4) is 22.4 Å². The van der Waals surface area contributed by atoms with Gasteiger partial charge in [0.1, 0.15) is 5.82 Å². The van der Waals surface area contributed by atoms with Crippen LogP contribution in [-0.4, -0.2) is 40.9 Å². The number of carboxylic acids is 1. The number of rotatable bonds is 13. The van der Waals surface area contributed by atoms with Crippen LogP contribution in [0.4, 0.5) is 10.1 Å². The zero-order valence-electron chi connectivity index (χ0n) is 25.0. The molecular formula is C34H36FN2NaO5. The minimum Gasteiger partial charge on any atom is -0.550 e. The van der Waals surface area contributed by atoms with Crippen molar-refractivity contribution in [2.45, 2.75) is 57.8 Å². The molecule has 2 N–H and O–H groups in total. The van der Waals surface area contributed by atoms with E-state index in [1.807, 2.05) is 79.1 Å². The third-order valence-corrected chi connectivity index (χ3v) is 7.24. The second kappa shape index (κ2) is 16.0. The van der Waals surface area contributed by atoms with Gasteiger partial charge in [0.25, 0.3) is 5.91 Å². The van der Waals surface area contributed by atoms with Crippen LogP contribution in [0.2, 0.25) is 0 Å². The average Bonchev–Trinajstić information content (AvgIpc) is 3.32. The Kier molecular flexibility index (Phi) is 12.7. The SMILES string of the molecule is COC(CC(=O)[O-])CC(O)CCn1c(-c2ccc(F)cc2)c(-c2ccccc2)c(C(=O)Nc2ccccc2)c1C(C)C.[Na+]. The summed E-state index contributed by atoms with van der Waals surface area (Å²) in [6.07, 6.45) is -1.51. The van der Waals surface area contributed by atoms with E-state index < -0.39 is 18.2 Å². The van der Waals surface area contributed by atoms with Crippen LogP contribution in [0.15, 0.2) is 84.9 Å². The number of benzene rings is 3. The summed E-state index contributed by atoms with van der Waals surface area (Å²) in [4.78, 5) is 25.2. The molecule has 2 unspecified atom stereocenters. The molecule has 0 saturated carbocycles. The Hall–Kier alpha value is -3.27. The summed E-state index contributed by atoms with van der Waals surface area (Å²) in [6, 6.07) is 25.0. The maximum atomic E-state index is 14.1. The molecule has 0 aliphatic carbocycles. The number of hydrogen-bond donors (Lipinski definition) is 2. The molecule has 1 heterocycles. The number of anilines is 1. The molecule has 0 saturated heterocycles. The van der Waals surface area contributed by atoms with E-state index in [9.17, 15) is 24.2 Å². The van der Waals surface area contributed by atoms with Gasteiger partial charge in [-0.25, -0.2) is 4.39 Å². The minimum atomic E-state index is -1.25. The van der Waals surface area contributed by atoms with Gasteiger partial charge in [-0.2, -0.15) is 0 Å². The maximum Gasteiger partial charge on any atom is 1.00 e. The van der Waals surface area contributed by atoms with Crippen LogP contribution in [0, 0.1) is 5.82 Å². The number of hydrogen-bond acceptors (Lipinski definition) is 5. The van der Waals surface area contributed by atoms with E-state index in [4.69, 9.17) is 4.74 Å². The third kappa shape index (κ3) is 8.65. The zero-order valence-corrected chi connectivity index (χ0v) is 27.0. The number of carbonyl (C=O) groups is 2. The number of aromatic nitrogens is 1. The Balaban J connectivity index is 0.00000506. The molecule has 0 fully saturated rings. The monoisotopic (exact) mass is 594 g/mol. The van der Waals surface area contributed by atoms with Gasteiger partial charge < -0.3 is 29.6 Å². The van der Waals surface area contributed by atoms with Gasteiger partial charge >= 0.3 is 29.6 Å². The largest absolute Gasteiger partial charge is 1.00 e. The molecule has 0 aliphatic heterocycles. The Morgan fingerprint density at radius 1 is 0.953 bits per heavy atom. The number of nitrogens with zero attached hydrogens (tertiary/aromatic N) is 1. The summed E-state index contributed by atoms with van der Waals surface area (Å²) in [7, 11) is 1.40. The number of aliphatic hydroxyl groups excluding tert-OH is 1. The van der Waals surface area contributed by atoms with Gasteiger partial charge in [0.05, 0.1) is 23.5 Å². The summed E-state index contributed by atoms with van der Waals surface area (Å²) < 4.78 is 21.3. The fourth-order valence-corrected chi connectivity index (χ4v) is 5.36. The van der Waals surface area contributed by atoms with E-state index in [1.54, 1.807) is 12.1 Å². The van der Waals surface area contributed by atoms with Crippen molar-refractivity contribution in [3.05, 3.63) is 102 Å². The van der Waals surface area contributed by atoms with E-state index in [1.165, 1.54) is 19.2 Å². The minimum absolute atomic E-state index is 0. The number of carboxylic acid groups (broad SMARTS) is 1. The van der Waals surface area contributed by atoms with Crippen LogP contribution in [0.25, 0.3) is 22.4 Å². The van der Waals surface area contributed by atoms with Crippen molar-refractivity contribution >= 4 is 17.6 Å². The third-order valence-electron chi connectivity index (χ3n) is 7.24. The fourth-order valence-electron chi connectivity index (χ4n) is 5.36. The number of nitrogens with one attached hydrogen (secondary N) is 1. The van der Waals surface area contributed by atoms with E-state index >= 15 is 0 Å². The molecule has 220 valence electrons. The van der Waals surface area contributed by atoms with Crippen LogP contribution in [0.1, 0.15) is 55.1 Å². The number of para-hydroxylation sites is 1. The quantitative estimate of drug-likeness (QED) is 0.232. The summed E-state index contributed by atoms with van der Waals surface area (Å²) in [5.41, 5.74) is 4.91. The second-order valence-corrected chi connectivity index (χ2v) is 10.6. The molecule has 9 heteroatoms. The fraction of sp³-hybridized carbons (Fsp3) is 0.294. The first-order valence-electron chi connectivity index (χ1n) is 14.0. The standard InChI is InChI=1S/C34H37FN2O5.Na/c1-22(2)32-31(34(41)36-26-12-8-5-9-13-26)30(23-10-6-4-7-11-23)33(24-14-16-25(35)17-15-24)37(32)19-18-27(38)20-28(42-3)21-29(39)40;/h4-17,22,27-28,38H,18-21H2,1-3H3,(H,36,41)(H,39,40);/q;+1/p-1. The predicted molar refractivity (Wildman–Crippen MR) is 159 cm³/mol. The molecule has 3 aromatic carbocycles. The van der Waals surface area contributed by atoms with Gasteiger partial charge in [-0.15, -0.1) is 0 Å². The molecule has 0 aliphatic rings. The number of methoxy groups -OCH3 is 1. The Bertz CT molecular complexity index is 1490. The van der Waals surface area contributed by atoms with E-state index in [-0.39, 0.29) is 66.5 Å². The molecule has 1 aromatic heterocycles. The van der Waals surface area contributed by atoms with E-state index in [0.29, 0.717) is 23.4 Å². The Morgan fingerprint density at radius 3 is 2.12 bits per heavy atom. The van der Waals surface area contributed by atoms with Gasteiger partial charge in [0, 0.05) is 43.0 Å². The molecule has 4 rings (SSSR count). The number of aliphatic hydroxyl groups is 1. The van der Waals surface area contributed by atoms with Gasteiger partial charge in [-0.05, 0) is 66.3 Å². The summed E-state index contributed by atoms with van der Waals surface area (Å²) in [6.45, 7) is 4.33. The van der Waals surface area contributed by atoms with Crippen LogP contribution >= 0.6 is 0 Å². The first-order chi connectivity index (χ1) is 20.2. The molecule has 4 aromatic rings. The van der Waals surface area contributed by atoms with Crippen LogP contribution in [0.5, 0.6) is 0 Å². The van der Waals surface area contributed by atoms with Crippen molar-refractivity contribution in [2.75, 3.05) is 12.4 Å². The van der Waals surface area contributed by atoms with E-state index in [2.05, 4.69) is 5.32 Å². The summed E-state index contributed by atoms with van der Waals surface area (Å²) >= 11 is 0. The Morgan fingerprint density at radius 2 is 1.56 bits per heavy atom. The number of ether oxygens (including phenoxy) is 1. The van der Waals surface area contributed by atoms with Gasteiger partial charge in [-0.1, -0.05) is 62.4 Å². The zero-order chi connectivity index (χ0) is 30.2. The first kappa shape index (κ1) is 34.2. The molecule has 2 atom stereocenters. The predicted octanol–water partition coefficient (Wildman–Crippen LogP) is 2.64. The molecular weight excluding hydrogens is 558 g/mol. The van der Waals surface area contributed by atoms with Gasteiger partial charge in [-0.3, -0.25) is 4.79 Å². The van der Waals surface area contributed by atoms with Crippen molar-refractivity contribution in [3.63, 3.8) is 0 Å². The second-order valence-electron chi connectivity index (χ2n) is 10.6. The van der Waals surface area contributed by atoms with Crippen molar-refractivity contribution in [2.24, 2.45) is 0 Å². The summed E-state index contributed by atoms with van der Waals surface area (Å²) in [5, 5.41) is 25.1. The maximum absolute atomic E-state index is 14.1. The van der Waals surface area contributed by atoms with Crippen LogP contribution < -0.4 is 40.0 Å². The van der Waals surface area contributed by atoms with Crippen LogP contribution in [-0.2, 0) is 16.1 Å². The van der Waals surface area contributed by atoms with Crippen molar-refractivity contribution < 1.29 is 58.5 Å². The van der Waals surface area contributed by atoms with E-state index in [0.717, 1.165) is 22.5 Å². The normalized spacial score (nSPS) is 12.4. The molecule has 0 radical (unpaired) electrons. The van der Waals surface area contributed by atoms with Crippen molar-refractivity contribution in [1.29, 1.82) is 0 Å². The molecule has 1 amide bonds. The van der Waals surface area contributed by atoms with Gasteiger partial charge in [0.15, 0.2) is 0 Å².